The highest BCUT2D eigenvalue weighted by atomic mass is 16.4. The third kappa shape index (κ3) is 3.90. The van der Waals surface area contributed by atoms with Crippen LogP contribution in [0.2, 0.25) is 0 Å². The van der Waals surface area contributed by atoms with E-state index in [9.17, 15) is 19.2 Å². The minimum Gasteiger partial charge on any atom is -0.480 e. The molecule has 4 N–H and O–H groups in total. The van der Waals surface area contributed by atoms with Crippen molar-refractivity contribution in [2.24, 2.45) is 0 Å². The van der Waals surface area contributed by atoms with Gasteiger partial charge in [0.25, 0.3) is 11.5 Å². The minimum absolute atomic E-state index is 0.122. The lowest BCUT2D eigenvalue weighted by atomic mass is 10.1. The van der Waals surface area contributed by atoms with Gasteiger partial charge in [0.1, 0.15) is 12.1 Å². The predicted octanol–water partition coefficient (Wildman–Crippen LogP) is -1.68. The fourth-order valence-corrected chi connectivity index (χ4v) is 1.38. The molecule has 0 saturated heterocycles. The van der Waals surface area contributed by atoms with E-state index < -0.39 is 36.4 Å². The third-order valence-corrected chi connectivity index (χ3v) is 2.54. The molecule has 0 aliphatic heterocycles. The number of aromatic amines is 1. The number of nitrogens with one attached hydrogen (secondary N) is 3. The number of nitrogens with zero attached hydrogens (tertiary/aromatic N) is 1. The molecule has 20 heavy (non-hydrogen) atoms. The van der Waals surface area contributed by atoms with Crippen LogP contribution in [0, 0.1) is 13.8 Å². The van der Waals surface area contributed by atoms with Gasteiger partial charge >= 0.3 is 5.97 Å². The highest BCUT2D eigenvalue weighted by Crippen LogP contribution is 2.04. The number of rotatable bonds is 5. The number of H-pyrrole nitrogens is 1. The first kappa shape index (κ1) is 15.3. The number of carbonyl (C=O) groups is 3. The van der Waals surface area contributed by atoms with Crippen LogP contribution in [0.15, 0.2) is 4.79 Å². The first-order valence-electron chi connectivity index (χ1n) is 5.65. The van der Waals surface area contributed by atoms with Crippen molar-refractivity contribution in [3.05, 3.63) is 27.2 Å². The van der Waals surface area contributed by atoms with Gasteiger partial charge in [-0.15, -0.1) is 0 Å². The Morgan fingerprint density at radius 3 is 2.45 bits per heavy atom. The van der Waals surface area contributed by atoms with Crippen molar-refractivity contribution >= 4 is 17.8 Å². The normalized spacial score (nSPS) is 9.90. The van der Waals surface area contributed by atoms with E-state index in [4.69, 9.17) is 5.11 Å². The molecular weight excluding hydrogens is 268 g/mol. The second kappa shape index (κ2) is 6.45. The quantitative estimate of drug-likeness (QED) is 0.508. The van der Waals surface area contributed by atoms with Crippen LogP contribution in [0.4, 0.5) is 0 Å². The Labute approximate surface area is 113 Å². The number of hydrogen-bond donors (Lipinski definition) is 4. The summed E-state index contributed by atoms with van der Waals surface area (Å²) >= 11 is 0. The van der Waals surface area contributed by atoms with Crippen LogP contribution >= 0.6 is 0 Å². The number of carbonyl (C=O) groups excluding carboxylic acids is 2. The van der Waals surface area contributed by atoms with Crippen molar-refractivity contribution in [2.75, 3.05) is 13.1 Å². The molecule has 1 rings (SSSR count). The van der Waals surface area contributed by atoms with Crippen molar-refractivity contribution in [1.29, 1.82) is 0 Å². The van der Waals surface area contributed by atoms with Gasteiger partial charge in [-0.2, -0.15) is 5.10 Å². The first-order valence-corrected chi connectivity index (χ1v) is 5.65. The van der Waals surface area contributed by atoms with E-state index >= 15 is 0 Å². The lowest BCUT2D eigenvalue weighted by Gasteiger charge is -2.07. The van der Waals surface area contributed by atoms with Crippen molar-refractivity contribution in [1.82, 2.24) is 20.8 Å². The zero-order chi connectivity index (χ0) is 15.3. The molecule has 0 saturated carbocycles. The Morgan fingerprint density at radius 2 is 1.85 bits per heavy atom. The smallest absolute Gasteiger partial charge is 0.322 e. The van der Waals surface area contributed by atoms with Gasteiger partial charge in [-0.05, 0) is 19.4 Å². The lowest BCUT2D eigenvalue weighted by molar-refractivity contribution is -0.137. The molecule has 0 unspecified atom stereocenters. The second-order valence-corrected chi connectivity index (χ2v) is 3.99. The molecule has 0 fully saturated rings. The van der Waals surface area contributed by atoms with E-state index in [1.807, 2.05) is 0 Å². The SMILES string of the molecule is Cc1n[nH]c(=O)c(C(=O)NCC(=O)NCC(=O)O)c1C. The van der Waals surface area contributed by atoms with Crippen LogP contribution in [-0.2, 0) is 9.59 Å². The summed E-state index contributed by atoms with van der Waals surface area (Å²) in [5, 5.41) is 18.6. The molecule has 1 aromatic rings. The van der Waals surface area contributed by atoms with E-state index in [1.54, 1.807) is 13.8 Å². The van der Waals surface area contributed by atoms with Gasteiger partial charge in [0.05, 0.1) is 12.2 Å². The number of carboxylic acid groups (broad SMARTS) is 1. The average molecular weight is 282 g/mol. The molecule has 9 heteroatoms. The lowest BCUT2D eigenvalue weighted by Crippen LogP contribution is -2.40. The van der Waals surface area contributed by atoms with Gasteiger partial charge < -0.3 is 15.7 Å². The highest BCUT2D eigenvalue weighted by molar-refractivity contribution is 5.97. The number of aliphatic carboxylic acids is 1. The van der Waals surface area contributed by atoms with Gasteiger partial charge in [0, 0.05) is 0 Å². The number of aromatic nitrogens is 2. The largest absolute Gasteiger partial charge is 0.480 e. The average Bonchev–Trinajstić information content (AvgIpc) is 2.38. The molecule has 0 aromatic carbocycles. The van der Waals surface area contributed by atoms with E-state index in [-0.39, 0.29) is 5.56 Å². The Morgan fingerprint density at radius 1 is 1.20 bits per heavy atom. The molecular formula is C11H14N4O5. The Hall–Kier alpha value is -2.71. The second-order valence-electron chi connectivity index (χ2n) is 3.99. The molecule has 1 heterocycles. The summed E-state index contributed by atoms with van der Waals surface area (Å²) in [6.07, 6.45) is 0. The summed E-state index contributed by atoms with van der Waals surface area (Å²) in [6, 6.07) is 0. The van der Waals surface area contributed by atoms with Crippen molar-refractivity contribution in [2.45, 2.75) is 13.8 Å². The maximum absolute atomic E-state index is 11.8. The minimum atomic E-state index is -1.19. The summed E-state index contributed by atoms with van der Waals surface area (Å²) in [5.74, 6) is -2.58. The fraction of sp³-hybridized carbons (Fsp3) is 0.364. The predicted molar refractivity (Wildman–Crippen MR) is 67.3 cm³/mol. The van der Waals surface area contributed by atoms with Crippen LogP contribution in [0.1, 0.15) is 21.6 Å². The molecule has 0 radical (unpaired) electrons. The monoisotopic (exact) mass is 282 g/mol. The van der Waals surface area contributed by atoms with E-state index in [2.05, 4.69) is 20.8 Å². The van der Waals surface area contributed by atoms with Crippen molar-refractivity contribution < 1.29 is 19.5 Å². The molecule has 0 aliphatic carbocycles. The topological polar surface area (TPSA) is 141 Å². The van der Waals surface area contributed by atoms with E-state index in [0.717, 1.165) is 0 Å². The molecule has 9 nitrogen and oxygen atoms in total. The van der Waals surface area contributed by atoms with Crippen LogP contribution in [0.5, 0.6) is 0 Å². The Bertz CT molecular complexity index is 607. The maximum Gasteiger partial charge on any atom is 0.322 e. The van der Waals surface area contributed by atoms with Crippen LogP contribution in [0.25, 0.3) is 0 Å². The van der Waals surface area contributed by atoms with Crippen LogP contribution in [0.3, 0.4) is 0 Å². The van der Waals surface area contributed by atoms with Crippen molar-refractivity contribution in [3.63, 3.8) is 0 Å². The number of amides is 2. The van der Waals surface area contributed by atoms with Crippen LogP contribution < -0.4 is 16.2 Å². The summed E-state index contributed by atoms with van der Waals surface area (Å²) in [5.41, 5.74) is 0.127. The van der Waals surface area contributed by atoms with Gasteiger partial charge in [-0.3, -0.25) is 19.2 Å². The maximum atomic E-state index is 11.8. The molecule has 0 aliphatic rings. The molecule has 2 amide bonds. The van der Waals surface area contributed by atoms with Gasteiger partial charge in [-0.1, -0.05) is 0 Å². The molecule has 0 atom stereocenters. The van der Waals surface area contributed by atoms with E-state index in [1.165, 1.54) is 0 Å². The van der Waals surface area contributed by atoms with Gasteiger partial charge in [0.2, 0.25) is 5.91 Å². The van der Waals surface area contributed by atoms with Crippen molar-refractivity contribution in [3.8, 4) is 0 Å². The molecule has 0 spiro atoms. The zero-order valence-electron chi connectivity index (χ0n) is 10.9. The zero-order valence-corrected chi connectivity index (χ0v) is 10.9. The van der Waals surface area contributed by atoms with Gasteiger partial charge in [0.15, 0.2) is 0 Å². The number of carboxylic acids is 1. The Balaban J connectivity index is 2.69. The Kier molecular flexibility index (Phi) is 4.95. The molecule has 0 bridgehead atoms. The fourth-order valence-electron chi connectivity index (χ4n) is 1.38. The molecule has 1 aromatic heterocycles. The summed E-state index contributed by atoms with van der Waals surface area (Å²) in [4.78, 5) is 44.8. The van der Waals surface area contributed by atoms with E-state index in [0.29, 0.717) is 11.3 Å². The van der Waals surface area contributed by atoms with Gasteiger partial charge in [-0.25, -0.2) is 5.10 Å². The summed E-state index contributed by atoms with van der Waals surface area (Å²) < 4.78 is 0. The first-order chi connectivity index (χ1) is 9.32. The number of hydrogen-bond acceptors (Lipinski definition) is 5. The summed E-state index contributed by atoms with van der Waals surface area (Å²) in [7, 11) is 0. The summed E-state index contributed by atoms with van der Waals surface area (Å²) in [6.45, 7) is 2.23. The molecule has 108 valence electrons. The highest BCUT2D eigenvalue weighted by Gasteiger charge is 2.16. The standard InChI is InChI=1S/C11H14N4O5/c1-5-6(2)14-15-11(20)9(5)10(19)13-3-7(16)12-4-8(17)18/h3-4H2,1-2H3,(H,12,16)(H,13,19)(H,15,20)(H,17,18). The number of aryl methyl sites for hydroxylation is 1. The van der Waals surface area contributed by atoms with Crippen LogP contribution in [-0.4, -0.2) is 46.2 Å². The third-order valence-electron chi connectivity index (χ3n) is 2.54.